The minimum absolute atomic E-state index is 0.0720. The first-order valence-electron chi connectivity index (χ1n) is 10.4. The molecule has 0 saturated heterocycles. The molecule has 3 rings (SSSR count). The van der Waals surface area contributed by atoms with Crippen LogP contribution < -0.4 is 14.9 Å². The van der Waals surface area contributed by atoms with Gasteiger partial charge in [0.1, 0.15) is 6.04 Å². The normalized spacial score (nSPS) is 14.4. The van der Waals surface area contributed by atoms with Crippen LogP contribution in [0, 0.1) is 12.8 Å². The third kappa shape index (κ3) is 5.51. The SMILES string of the molecule is CC(=O)N1CCc2cc(S(=O)(=O)N[C@H](CC(C)C)C(=O)Nc3ccc(C)cc3)ccc21. The quantitative estimate of drug-likeness (QED) is 0.687. The van der Waals surface area contributed by atoms with Crippen LogP contribution in [0.25, 0.3) is 0 Å². The highest BCUT2D eigenvalue weighted by molar-refractivity contribution is 7.89. The van der Waals surface area contributed by atoms with Crippen molar-refractivity contribution < 1.29 is 18.0 Å². The van der Waals surface area contributed by atoms with Crippen molar-refractivity contribution in [2.45, 2.75) is 51.5 Å². The molecule has 2 aromatic rings. The van der Waals surface area contributed by atoms with Crippen molar-refractivity contribution in [2.24, 2.45) is 5.92 Å². The largest absolute Gasteiger partial charge is 0.325 e. The van der Waals surface area contributed by atoms with E-state index in [1.807, 2.05) is 32.9 Å². The van der Waals surface area contributed by atoms with Gasteiger partial charge in [-0.2, -0.15) is 4.72 Å². The topological polar surface area (TPSA) is 95.6 Å². The number of amides is 2. The number of carbonyl (C=O) groups excluding carboxylic acids is 2. The molecule has 0 saturated carbocycles. The molecule has 7 nitrogen and oxygen atoms in total. The van der Waals surface area contributed by atoms with E-state index in [0.29, 0.717) is 25.1 Å². The smallest absolute Gasteiger partial charge is 0.242 e. The minimum atomic E-state index is -3.92. The van der Waals surface area contributed by atoms with Gasteiger partial charge in [0.05, 0.1) is 4.90 Å². The molecular weight excluding hydrogens is 414 g/mol. The summed E-state index contributed by atoms with van der Waals surface area (Å²) in [6.07, 6.45) is 0.960. The summed E-state index contributed by atoms with van der Waals surface area (Å²) in [5.74, 6) is -0.358. The lowest BCUT2D eigenvalue weighted by Crippen LogP contribution is -2.44. The van der Waals surface area contributed by atoms with E-state index >= 15 is 0 Å². The summed E-state index contributed by atoms with van der Waals surface area (Å²) in [5, 5.41) is 2.80. The van der Waals surface area contributed by atoms with Crippen LogP contribution in [0.2, 0.25) is 0 Å². The summed E-state index contributed by atoms with van der Waals surface area (Å²) < 4.78 is 28.7. The van der Waals surface area contributed by atoms with Gasteiger partial charge >= 0.3 is 0 Å². The molecule has 0 unspecified atom stereocenters. The summed E-state index contributed by atoms with van der Waals surface area (Å²) in [6.45, 7) is 7.85. The van der Waals surface area contributed by atoms with Crippen LogP contribution >= 0.6 is 0 Å². The van der Waals surface area contributed by atoms with Gasteiger partial charge in [-0.05, 0) is 61.6 Å². The van der Waals surface area contributed by atoms with Crippen molar-refractivity contribution >= 4 is 33.2 Å². The van der Waals surface area contributed by atoms with Crippen LogP contribution in [-0.4, -0.2) is 32.8 Å². The average molecular weight is 444 g/mol. The molecule has 0 aliphatic carbocycles. The van der Waals surface area contributed by atoms with Gasteiger partial charge in [0.15, 0.2) is 0 Å². The van der Waals surface area contributed by atoms with Crippen molar-refractivity contribution in [3.8, 4) is 0 Å². The zero-order valence-electron chi connectivity index (χ0n) is 18.3. The van der Waals surface area contributed by atoms with Gasteiger partial charge in [0.2, 0.25) is 21.8 Å². The average Bonchev–Trinajstić information content (AvgIpc) is 3.12. The van der Waals surface area contributed by atoms with E-state index in [4.69, 9.17) is 0 Å². The lowest BCUT2D eigenvalue weighted by molar-refractivity contribution is -0.118. The van der Waals surface area contributed by atoms with Crippen LogP contribution in [-0.2, 0) is 26.0 Å². The first-order chi connectivity index (χ1) is 14.6. The van der Waals surface area contributed by atoms with Gasteiger partial charge in [-0.25, -0.2) is 8.42 Å². The number of carbonyl (C=O) groups is 2. The van der Waals surface area contributed by atoms with Crippen molar-refractivity contribution in [1.82, 2.24) is 4.72 Å². The Labute approximate surface area is 183 Å². The molecule has 2 aromatic carbocycles. The summed E-state index contributed by atoms with van der Waals surface area (Å²) in [7, 11) is -3.92. The number of hydrogen-bond donors (Lipinski definition) is 2. The van der Waals surface area contributed by atoms with Crippen LogP contribution in [0.1, 0.15) is 38.3 Å². The van der Waals surface area contributed by atoms with Crippen LogP contribution in [0.5, 0.6) is 0 Å². The standard InChI is InChI=1S/C23H29N3O4S/c1-15(2)13-21(23(28)24-19-7-5-16(3)6-8-19)25-31(29,30)20-9-10-22-18(14-20)11-12-26(22)17(4)27/h5-10,14-15,21,25H,11-13H2,1-4H3,(H,24,28)/t21-/m1/s1. The van der Waals surface area contributed by atoms with Gasteiger partial charge in [0.25, 0.3) is 0 Å². The van der Waals surface area contributed by atoms with Crippen molar-refractivity contribution in [3.63, 3.8) is 0 Å². The molecule has 1 atom stereocenters. The maximum Gasteiger partial charge on any atom is 0.242 e. The maximum atomic E-state index is 13.1. The highest BCUT2D eigenvalue weighted by Crippen LogP contribution is 2.30. The predicted octanol–water partition coefficient (Wildman–Crippen LogP) is 3.24. The number of anilines is 2. The van der Waals surface area contributed by atoms with Crippen molar-refractivity contribution in [2.75, 3.05) is 16.8 Å². The Kier molecular flexibility index (Phi) is 6.81. The van der Waals surface area contributed by atoms with Crippen molar-refractivity contribution in [1.29, 1.82) is 0 Å². The van der Waals surface area contributed by atoms with E-state index in [0.717, 1.165) is 16.8 Å². The van der Waals surface area contributed by atoms with Gasteiger partial charge in [-0.15, -0.1) is 0 Å². The molecule has 2 amide bonds. The molecule has 0 fully saturated rings. The Morgan fingerprint density at radius 1 is 1.10 bits per heavy atom. The molecular formula is C23H29N3O4S. The third-order valence-electron chi connectivity index (χ3n) is 5.28. The number of benzene rings is 2. The van der Waals surface area contributed by atoms with Crippen LogP contribution in [0.15, 0.2) is 47.4 Å². The van der Waals surface area contributed by atoms with E-state index in [2.05, 4.69) is 10.0 Å². The van der Waals surface area contributed by atoms with Crippen LogP contribution in [0.3, 0.4) is 0 Å². The summed E-state index contributed by atoms with van der Waals surface area (Å²) in [5.41, 5.74) is 3.23. The Balaban J connectivity index is 1.81. The number of nitrogens with zero attached hydrogens (tertiary/aromatic N) is 1. The molecule has 166 valence electrons. The summed E-state index contributed by atoms with van der Waals surface area (Å²) in [4.78, 5) is 26.3. The number of sulfonamides is 1. The second-order valence-corrected chi connectivity index (χ2v) is 10.1. The van der Waals surface area contributed by atoms with Gasteiger partial charge in [0, 0.05) is 24.8 Å². The fraction of sp³-hybridized carbons (Fsp3) is 0.391. The molecule has 1 aliphatic heterocycles. The Morgan fingerprint density at radius 2 is 1.77 bits per heavy atom. The van der Waals surface area contributed by atoms with Gasteiger partial charge in [-0.1, -0.05) is 31.5 Å². The molecule has 0 spiro atoms. The number of rotatable bonds is 7. The molecule has 0 aromatic heterocycles. The first kappa shape index (κ1) is 23.0. The number of fused-ring (bicyclic) bond motifs is 1. The first-order valence-corrected chi connectivity index (χ1v) is 11.9. The second kappa shape index (κ2) is 9.20. The van der Waals surface area contributed by atoms with Gasteiger partial charge < -0.3 is 10.2 Å². The Hall–Kier alpha value is -2.71. The van der Waals surface area contributed by atoms with Gasteiger partial charge in [-0.3, -0.25) is 9.59 Å². The van der Waals surface area contributed by atoms with Crippen LogP contribution in [0.4, 0.5) is 11.4 Å². The second-order valence-electron chi connectivity index (χ2n) is 8.37. The molecule has 0 bridgehead atoms. The highest BCUT2D eigenvalue weighted by Gasteiger charge is 2.29. The zero-order chi connectivity index (χ0) is 22.8. The molecule has 2 N–H and O–H groups in total. The third-order valence-corrected chi connectivity index (χ3v) is 6.75. The summed E-state index contributed by atoms with van der Waals surface area (Å²) >= 11 is 0. The van der Waals surface area contributed by atoms with E-state index in [9.17, 15) is 18.0 Å². The summed E-state index contributed by atoms with van der Waals surface area (Å²) in [6, 6.07) is 11.1. The molecule has 8 heteroatoms. The van der Waals surface area contributed by atoms with E-state index < -0.39 is 22.0 Å². The molecule has 31 heavy (non-hydrogen) atoms. The minimum Gasteiger partial charge on any atom is -0.325 e. The van der Waals surface area contributed by atoms with E-state index in [1.165, 1.54) is 13.0 Å². The zero-order valence-corrected chi connectivity index (χ0v) is 19.1. The lowest BCUT2D eigenvalue weighted by Gasteiger charge is -2.21. The number of aryl methyl sites for hydroxylation is 1. The van der Waals surface area contributed by atoms with Crippen molar-refractivity contribution in [3.05, 3.63) is 53.6 Å². The predicted molar refractivity (Wildman–Crippen MR) is 122 cm³/mol. The highest BCUT2D eigenvalue weighted by atomic mass is 32.2. The Morgan fingerprint density at radius 3 is 2.39 bits per heavy atom. The lowest BCUT2D eigenvalue weighted by atomic mass is 10.0. The molecule has 0 radical (unpaired) electrons. The van der Waals surface area contributed by atoms with E-state index in [-0.39, 0.29) is 16.7 Å². The monoisotopic (exact) mass is 443 g/mol. The van der Waals surface area contributed by atoms with E-state index in [1.54, 1.807) is 29.2 Å². The Bertz CT molecular complexity index is 1080. The maximum absolute atomic E-state index is 13.1. The number of nitrogens with one attached hydrogen (secondary N) is 2. The molecule has 1 heterocycles. The fourth-order valence-electron chi connectivity index (χ4n) is 3.67. The fourth-order valence-corrected chi connectivity index (χ4v) is 4.93. The number of hydrogen-bond acceptors (Lipinski definition) is 4. The molecule has 1 aliphatic rings.